The minimum Gasteiger partial charge on any atom is -0.264 e. The summed E-state index contributed by atoms with van der Waals surface area (Å²) in [6, 6.07) is 10.9. The van der Waals surface area contributed by atoms with E-state index in [1.54, 1.807) is 0 Å². The van der Waals surface area contributed by atoms with E-state index in [1.807, 2.05) is 18.5 Å². The number of aryl methyl sites for hydroxylation is 2. The van der Waals surface area contributed by atoms with Crippen LogP contribution < -0.4 is 0 Å². The molecule has 0 amide bonds. The number of benzene rings is 1. The van der Waals surface area contributed by atoms with Gasteiger partial charge in [0, 0.05) is 12.4 Å². The molecule has 1 heterocycles. The molecule has 0 radical (unpaired) electrons. The molecule has 134 valence electrons. The highest BCUT2D eigenvalue weighted by molar-refractivity contribution is 5.80. The smallest absolute Gasteiger partial charge is 0.0346 e. The van der Waals surface area contributed by atoms with E-state index >= 15 is 0 Å². The van der Waals surface area contributed by atoms with E-state index in [0.717, 1.165) is 30.4 Å². The standard InChI is InChI=1S/C25H29N/c1-5-6-8-21(19(3)24-9-7-14-26-17-24)16-22-11-12-23-15-18(2)10-13-25(23)20(22)4/h7,9-10,13-17H,3,5-6,8,11-12H2,1-2,4H3/b21-16+. The van der Waals surface area contributed by atoms with Crippen molar-refractivity contribution in [1.29, 1.82) is 0 Å². The summed E-state index contributed by atoms with van der Waals surface area (Å²) in [5, 5.41) is 0. The van der Waals surface area contributed by atoms with Crippen molar-refractivity contribution in [2.24, 2.45) is 0 Å². The molecular weight excluding hydrogens is 314 g/mol. The second kappa shape index (κ2) is 8.31. The Balaban J connectivity index is 1.98. The SMILES string of the molecule is C=C(/C(=C/C1=C(C)c2ccc(C)cc2CC1)CCCC)c1cccnc1. The van der Waals surface area contributed by atoms with Gasteiger partial charge in [-0.3, -0.25) is 4.98 Å². The second-order valence-corrected chi connectivity index (χ2v) is 7.30. The summed E-state index contributed by atoms with van der Waals surface area (Å²) in [5.74, 6) is 0. The predicted molar refractivity (Wildman–Crippen MR) is 113 cm³/mol. The van der Waals surface area contributed by atoms with Crippen LogP contribution in [-0.4, -0.2) is 4.98 Å². The first kappa shape index (κ1) is 18.4. The molecule has 3 rings (SSSR count). The van der Waals surface area contributed by atoms with E-state index in [2.05, 4.69) is 62.7 Å². The first-order valence-corrected chi connectivity index (χ1v) is 9.70. The Morgan fingerprint density at radius 1 is 1.19 bits per heavy atom. The molecule has 1 aliphatic rings. The number of nitrogens with zero attached hydrogens (tertiary/aromatic N) is 1. The molecule has 0 aliphatic heterocycles. The summed E-state index contributed by atoms with van der Waals surface area (Å²) >= 11 is 0. The molecule has 0 N–H and O–H groups in total. The van der Waals surface area contributed by atoms with Crippen LogP contribution in [0.2, 0.25) is 0 Å². The highest BCUT2D eigenvalue weighted by atomic mass is 14.6. The number of pyridine rings is 1. The summed E-state index contributed by atoms with van der Waals surface area (Å²) in [5.41, 5.74) is 10.7. The Labute approximate surface area is 158 Å². The number of aromatic nitrogens is 1. The molecule has 1 heteroatoms. The largest absolute Gasteiger partial charge is 0.264 e. The molecule has 0 spiro atoms. The Hall–Kier alpha value is -2.41. The van der Waals surface area contributed by atoms with Crippen molar-refractivity contribution >= 4 is 11.1 Å². The third-order valence-electron chi connectivity index (χ3n) is 5.36. The maximum atomic E-state index is 4.39. The van der Waals surface area contributed by atoms with Gasteiger partial charge in [-0.05, 0) is 84.6 Å². The lowest BCUT2D eigenvalue weighted by atomic mass is 9.83. The van der Waals surface area contributed by atoms with Crippen molar-refractivity contribution in [3.63, 3.8) is 0 Å². The van der Waals surface area contributed by atoms with Crippen molar-refractivity contribution in [1.82, 2.24) is 4.98 Å². The van der Waals surface area contributed by atoms with Gasteiger partial charge in [0.2, 0.25) is 0 Å². The summed E-state index contributed by atoms with van der Waals surface area (Å²) in [4.78, 5) is 4.27. The number of unbranched alkanes of at least 4 members (excludes halogenated alkanes) is 1. The number of fused-ring (bicyclic) bond motifs is 1. The van der Waals surface area contributed by atoms with Crippen LogP contribution in [-0.2, 0) is 6.42 Å². The van der Waals surface area contributed by atoms with Crippen LogP contribution in [0.1, 0.15) is 61.8 Å². The molecule has 26 heavy (non-hydrogen) atoms. The second-order valence-electron chi connectivity index (χ2n) is 7.30. The molecule has 1 aromatic carbocycles. The Kier molecular flexibility index (Phi) is 5.88. The minimum absolute atomic E-state index is 1.07. The van der Waals surface area contributed by atoms with Crippen molar-refractivity contribution in [3.05, 3.63) is 88.8 Å². The molecule has 2 aromatic rings. The fourth-order valence-corrected chi connectivity index (χ4v) is 3.72. The Bertz CT molecular complexity index is 853. The maximum Gasteiger partial charge on any atom is 0.0346 e. The normalized spacial score (nSPS) is 14.3. The molecule has 0 unspecified atom stereocenters. The zero-order valence-corrected chi connectivity index (χ0v) is 16.3. The molecule has 0 bridgehead atoms. The lowest BCUT2D eigenvalue weighted by Gasteiger charge is -2.21. The average Bonchev–Trinajstić information content (AvgIpc) is 2.67. The van der Waals surface area contributed by atoms with Gasteiger partial charge >= 0.3 is 0 Å². The fourth-order valence-electron chi connectivity index (χ4n) is 3.72. The van der Waals surface area contributed by atoms with Gasteiger partial charge in [-0.15, -0.1) is 0 Å². The zero-order chi connectivity index (χ0) is 18.5. The zero-order valence-electron chi connectivity index (χ0n) is 16.3. The molecule has 0 atom stereocenters. The van der Waals surface area contributed by atoms with E-state index in [-0.39, 0.29) is 0 Å². The molecule has 1 nitrogen and oxygen atoms in total. The fraction of sp³-hybridized carbons (Fsp3) is 0.320. The van der Waals surface area contributed by atoms with Crippen LogP contribution >= 0.6 is 0 Å². The number of allylic oxidation sites excluding steroid dienone is 5. The van der Waals surface area contributed by atoms with Crippen LogP contribution in [0, 0.1) is 6.92 Å². The molecule has 0 saturated carbocycles. The molecule has 0 saturated heterocycles. The van der Waals surface area contributed by atoms with Crippen molar-refractivity contribution < 1.29 is 0 Å². The van der Waals surface area contributed by atoms with E-state index in [4.69, 9.17) is 0 Å². The quantitative estimate of drug-likeness (QED) is 0.518. The van der Waals surface area contributed by atoms with Gasteiger partial charge in [-0.2, -0.15) is 0 Å². The van der Waals surface area contributed by atoms with Crippen LogP contribution in [0.5, 0.6) is 0 Å². The Morgan fingerprint density at radius 2 is 2.04 bits per heavy atom. The van der Waals surface area contributed by atoms with Gasteiger partial charge in [0.05, 0.1) is 0 Å². The van der Waals surface area contributed by atoms with E-state index < -0.39 is 0 Å². The molecule has 0 fully saturated rings. The highest BCUT2D eigenvalue weighted by Gasteiger charge is 2.16. The van der Waals surface area contributed by atoms with Crippen molar-refractivity contribution in [2.45, 2.75) is 52.9 Å². The van der Waals surface area contributed by atoms with Crippen LogP contribution in [0.15, 0.2) is 66.5 Å². The van der Waals surface area contributed by atoms with E-state index in [9.17, 15) is 0 Å². The first-order valence-electron chi connectivity index (χ1n) is 9.70. The summed E-state index contributed by atoms with van der Waals surface area (Å²) < 4.78 is 0. The molecular formula is C25H29N. The van der Waals surface area contributed by atoms with E-state index in [0.29, 0.717) is 0 Å². The molecule has 1 aliphatic carbocycles. The van der Waals surface area contributed by atoms with Crippen molar-refractivity contribution in [3.8, 4) is 0 Å². The molecule has 1 aromatic heterocycles. The number of rotatable bonds is 6. The van der Waals surface area contributed by atoms with Gasteiger partial charge in [0.1, 0.15) is 0 Å². The topological polar surface area (TPSA) is 12.9 Å². The maximum absolute atomic E-state index is 4.39. The average molecular weight is 344 g/mol. The minimum atomic E-state index is 1.07. The van der Waals surface area contributed by atoms with Crippen LogP contribution in [0.25, 0.3) is 11.1 Å². The summed E-state index contributed by atoms with van der Waals surface area (Å²) in [7, 11) is 0. The lowest BCUT2D eigenvalue weighted by molar-refractivity contribution is 0.798. The Morgan fingerprint density at radius 3 is 2.77 bits per heavy atom. The van der Waals surface area contributed by atoms with Gasteiger partial charge < -0.3 is 0 Å². The first-order chi connectivity index (χ1) is 12.6. The monoisotopic (exact) mass is 343 g/mol. The summed E-state index contributed by atoms with van der Waals surface area (Å²) in [6.07, 6.45) is 11.8. The van der Waals surface area contributed by atoms with Gasteiger partial charge in [-0.25, -0.2) is 0 Å². The van der Waals surface area contributed by atoms with Crippen molar-refractivity contribution in [2.75, 3.05) is 0 Å². The number of hydrogen-bond acceptors (Lipinski definition) is 1. The van der Waals surface area contributed by atoms with Crippen LogP contribution in [0.4, 0.5) is 0 Å². The predicted octanol–water partition coefficient (Wildman–Crippen LogP) is 6.94. The van der Waals surface area contributed by atoms with Gasteiger partial charge in [0.25, 0.3) is 0 Å². The van der Waals surface area contributed by atoms with Crippen LogP contribution in [0.3, 0.4) is 0 Å². The number of hydrogen-bond donors (Lipinski definition) is 0. The third kappa shape index (κ3) is 4.04. The lowest BCUT2D eigenvalue weighted by Crippen LogP contribution is -2.04. The third-order valence-corrected chi connectivity index (χ3v) is 5.36. The van der Waals surface area contributed by atoms with Gasteiger partial charge in [-0.1, -0.05) is 55.8 Å². The van der Waals surface area contributed by atoms with Gasteiger partial charge in [0.15, 0.2) is 0 Å². The highest BCUT2D eigenvalue weighted by Crippen LogP contribution is 2.35. The summed E-state index contributed by atoms with van der Waals surface area (Å²) in [6.45, 7) is 11.1. The van der Waals surface area contributed by atoms with E-state index in [1.165, 1.54) is 46.3 Å².